The SMILES string of the molecule is O=C(Cc1ccc(OCC[C@@H]2C[C@@H]2C2CCN(C(=O)O)C(CC3CC3)C2)cc1F)N1CCC1. The number of carbonyl (C=O) groups is 2. The van der Waals surface area contributed by atoms with E-state index >= 15 is 0 Å². The van der Waals surface area contributed by atoms with Crippen LogP contribution in [0.25, 0.3) is 0 Å². The molecule has 1 N–H and O–H groups in total. The summed E-state index contributed by atoms with van der Waals surface area (Å²) in [6.45, 7) is 2.79. The molecule has 1 aromatic carbocycles. The summed E-state index contributed by atoms with van der Waals surface area (Å²) in [6.07, 6.45) is 8.06. The Balaban J connectivity index is 1.05. The number of likely N-dealkylation sites (tertiary alicyclic amines) is 2. The van der Waals surface area contributed by atoms with Crippen molar-refractivity contribution in [3.8, 4) is 5.75 Å². The van der Waals surface area contributed by atoms with Gasteiger partial charge in [0.15, 0.2) is 0 Å². The molecule has 0 aromatic heterocycles. The van der Waals surface area contributed by atoms with E-state index in [0.717, 1.165) is 51.1 Å². The predicted molar refractivity (Wildman–Crippen MR) is 122 cm³/mol. The average molecular weight is 459 g/mol. The van der Waals surface area contributed by atoms with E-state index in [0.29, 0.717) is 42.2 Å². The molecule has 0 bridgehead atoms. The maximum absolute atomic E-state index is 14.4. The van der Waals surface area contributed by atoms with Crippen LogP contribution in [0.1, 0.15) is 56.9 Å². The molecule has 1 aromatic rings. The first-order valence-corrected chi connectivity index (χ1v) is 12.7. The zero-order valence-electron chi connectivity index (χ0n) is 19.3. The number of ether oxygens (including phenoxy) is 1. The van der Waals surface area contributed by atoms with E-state index in [1.807, 2.05) is 0 Å². The Kier molecular flexibility index (Phi) is 6.48. The number of hydrogen-bond donors (Lipinski definition) is 1. The molecule has 7 heteroatoms. The Morgan fingerprint density at radius 2 is 1.94 bits per heavy atom. The lowest BCUT2D eigenvalue weighted by atomic mass is 9.84. The lowest BCUT2D eigenvalue weighted by Gasteiger charge is -2.38. The van der Waals surface area contributed by atoms with Crippen molar-refractivity contribution in [2.24, 2.45) is 23.7 Å². The number of halogens is 1. The van der Waals surface area contributed by atoms with Gasteiger partial charge in [-0.2, -0.15) is 0 Å². The van der Waals surface area contributed by atoms with Gasteiger partial charge in [-0.3, -0.25) is 4.79 Å². The van der Waals surface area contributed by atoms with Crippen molar-refractivity contribution in [2.45, 2.75) is 63.8 Å². The van der Waals surface area contributed by atoms with Crippen LogP contribution in [0, 0.1) is 29.5 Å². The number of carbonyl (C=O) groups excluding carboxylic acids is 1. The second kappa shape index (κ2) is 9.51. The van der Waals surface area contributed by atoms with E-state index in [9.17, 15) is 19.1 Å². The minimum atomic E-state index is -0.761. The fourth-order valence-electron chi connectivity index (χ4n) is 5.79. The van der Waals surface area contributed by atoms with Crippen LogP contribution in [-0.4, -0.2) is 59.2 Å². The maximum atomic E-state index is 14.4. The third-order valence-corrected chi connectivity index (χ3v) is 8.22. The second-order valence-electron chi connectivity index (χ2n) is 10.6. The smallest absolute Gasteiger partial charge is 0.407 e. The van der Waals surface area contributed by atoms with Crippen LogP contribution >= 0.6 is 0 Å². The van der Waals surface area contributed by atoms with Crippen molar-refractivity contribution in [2.75, 3.05) is 26.2 Å². The molecule has 2 amide bonds. The monoisotopic (exact) mass is 458 g/mol. The molecule has 5 rings (SSSR count). The number of amides is 2. The van der Waals surface area contributed by atoms with Crippen molar-refractivity contribution < 1.29 is 23.8 Å². The van der Waals surface area contributed by atoms with Gasteiger partial charge in [0.2, 0.25) is 5.91 Å². The van der Waals surface area contributed by atoms with Crippen molar-refractivity contribution in [1.82, 2.24) is 9.80 Å². The number of nitrogens with zero attached hydrogens (tertiary/aromatic N) is 2. The summed E-state index contributed by atoms with van der Waals surface area (Å²) >= 11 is 0. The van der Waals surface area contributed by atoms with Crippen LogP contribution in [0.2, 0.25) is 0 Å². The van der Waals surface area contributed by atoms with Crippen LogP contribution < -0.4 is 4.74 Å². The summed E-state index contributed by atoms with van der Waals surface area (Å²) in [5, 5.41) is 9.54. The van der Waals surface area contributed by atoms with Gasteiger partial charge in [0.1, 0.15) is 11.6 Å². The normalized spacial score (nSPS) is 28.9. The molecule has 4 atom stereocenters. The molecule has 0 radical (unpaired) electrons. The van der Waals surface area contributed by atoms with Crippen LogP contribution in [0.5, 0.6) is 5.75 Å². The third kappa shape index (κ3) is 5.44. The summed E-state index contributed by atoms with van der Waals surface area (Å²) in [4.78, 5) is 27.1. The van der Waals surface area contributed by atoms with E-state index in [-0.39, 0.29) is 24.2 Å². The molecule has 2 aliphatic heterocycles. The molecule has 33 heavy (non-hydrogen) atoms. The zero-order valence-corrected chi connectivity index (χ0v) is 19.3. The molecule has 180 valence electrons. The van der Waals surface area contributed by atoms with Crippen molar-refractivity contribution in [1.29, 1.82) is 0 Å². The molecule has 2 saturated carbocycles. The molecule has 4 aliphatic rings. The summed E-state index contributed by atoms with van der Waals surface area (Å²) in [7, 11) is 0. The number of benzene rings is 1. The molecule has 4 fully saturated rings. The average Bonchev–Trinajstić information content (AvgIpc) is 3.65. The van der Waals surface area contributed by atoms with Gasteiger partial charge >= 0.3 is 6.09 Å². The molecule has 0 spiro atoms. The topological polar surface area (TPSA) is 70.1 Å². The fraction of sp³-hybridized carbons (Fsp3) is 0.692. The van der Waals surface area contributed by atoms with Gasteiger partial charge in [0.25, 0.3) is 0 Å². The third-order valence-electron chi connectivity index (χ3n) is 8.22. The van der Waals surface area contributed by atoms with Crippen molar-refractivity contribution in [3.63, 3.8) is 0 Å². The van der Waals surface area contributed by atoms with Crippen LogP contribution in [-0.2, 0) is 11.2 Å². The lowest BCUT2D eigenvalue weighted by Crippen LogP contribution is -2.46. The largest absolute Gasteiger partial charge is 0.493 e. The highest BCUT2D eigenvalue weighted by Crippen LogP contribution is 2.51. The van der Waals surface area contributed by atoms with Gasteiger partial charge in [0.05, 0.1) is 13.0 Å². The molecule has 2 saturated heterocycles. The highest BCUT2D eigenvalue weighted by Gasteiger charge is 2.46. The van der Waals surface area contributed by atoms with E-state index in [4.69, 9.17) is 4.74 Å². The number of carboxylic acid groups (broad SMARTS) is 1. The van der Waals surface area contributed by atoms with Gasteiger partial charge in [-0.1, -0.05) is 18.9 Å². The van der Waals surface area contributed by atoms with Crippen LogP contribution in [0.4, 0.5) is 9.18 Å². The van der Waals surface area contributed by atoms with Crippen molar-refractivity contribution in [3.05, 3.63) is 29.6 Å². The first-order chi connectivity index (χ1) is 16.0. The van der Waals surface area contributed by atoms with Crippen LogP contribution in [0.3, 0.4) is 0 Å². The first kappa shape index (κ1) is 22.5. The Labute approximate surface area is 195 Å². The summed E-state index contributed by atoms with van der Waals surface area (Å²) in [5.41, 5.74) is 0.426. The fourth-order valence-corrected chi connectivity index (χ4v) is 5.79. The minimum absolute atomic E-state index is 0.0119. The molecule has 2 unspecified atom stereocenters. The first-order valence-electron chi connectivity index (χ1n) is 12.7. The Morgan fingerprint density at radius 3 is 2.61 bits per heavy atom. The Hall–Kier alpha value is -2.31. The summed E-state index contributed by atoms with van der Waals surface area (Å²) < 4.78 is 20.2. The molecule has 2 aliphatic carbocycles. The zero-order chi connectivity index (χ0) is 22.9. The molecule has 2 heterocycles. The van der Waals surface area contributed by atoms with Gasteiger partial charge in [-0.15, -0.1) is 0 Å². The van der Waals surface area contributed by atoms with Crippen LogP contribution in [0.15, 0.2) is 18.2 Å². The number of hydrogen-bond acceptors (Lipinski definition) is 3. The standard InChI is InChI=1S/C26H35FN2O4/c27-24-16-22(5-4-20(24)15-25(30)28-8-1-9-28)33-11-7-19-14-23(19)18-6-10-29(26(31)32)21(13-18)12-17-2-3-17/h4-5,16-19,21,23H,1-3,6-15H2,(H,31,32)/t18?,19-,21?,23-/m1/s1. The second-order valence-corrected chi connectivity index (χ2v) is 10.6. The minimum Gasteiger partial charge on any atom is -0.493 e. The lowest BCUT2D eigenvalue weighted by molar-refractivity contribution is -0.133. The van der Waals surface area contributed by atoms with Crippen molar-refractivity contribution >= 4 is 12.0 Å². The number of piperidine rings is 1. The summed E-state index contributed by atoms with van der Waals surface area (Å²) in [5.74, 6) is 2.79. The van der Waals surface area contributed by atoms with E-state index in [1.165, 1.54) is 25.3 Å². The van der Waals surface area contributed by atoms with Gasteiger partial charge in [0, 0.05) is 31.7 Å². The number of rotatable bonds is 9. The molecule has 6 nitrogen and oxygen atoms in total. The predicted octanol–water partition coefficient (Wildman–Crippen LogP) is 4.56. The molecular formula is C26H35FN2O4. The van der Waals surface area contributed by atoms with Gasteiger partial charge < -0.3 is 19.6 Å². The summed E-state index contributed by atoms with van der Waals surface area (Å²) in [6, 6.07) is 5.02. The van der Waals surface area contributed by atoms with E-state index < -0.39 is 6.09 Å². The Bertz CT molecular complexity index is 885. The van der Waals surface area contributed by atoms with Gasteiger partial charge in [-0.25, -0.2) is 9.18 Å². The quantitative estimate of drug-likeness (QED) is 0.589. The van der Waals surface area contributed by atoms with Gasteiger partial charge in [-0.05, 0) is 73.8 Å². The highest BCUT2D eigenvalue weighted by molar-refractivity contribution is 5.79. The highest BCUT2D eigenvalue weighted by atomic mass is 19.1. The maximum Gasteiger partial charge on any atom is 0.407 e. The van der Waals surface area contributed by atoms with E-state index in [1.54, 1.807) is 21.9 Å². The van der Waals surface area contributed by atoms with E-state index in [2.05, 4.69) is 0 Å². The molecular weight excluding hydrogens is 423 g/mol. The Morgan fingerprint density at radius 1 is 1.12 bits per heavy atom.